The summed E-state index contributed by atoms with van der Waals surface area (Å²) in [5.74, 6) is 0.212. The first-order valence-electron chi connectivity index (χ1n) is 11.0. The van der Waals surface area contributed by atoms with Crippen LogP contribution in [0.5, 0.6) is 0 Å². The molecule has 1 fully saturated rings. The van der Waals surface area contributed by atoms with Gasteiger partial charge in [0.15, 0.2) is 17.2 Å². The average molecular weight is 473 g/mol. The molecular formula is C23H23N9O3. The number of pyridine rings is 2. The maximum absolute atomic E-state index is 13.1. The third-order valence-corrected chi connectivity index (χ3v) is 5.81. The number of nitrogens with zero attached hydrogens (tertiary/aromatic N) is 6. The van der Waals surface area contributed by atoms with Gasteiger partial charge < -0.3 is 20.9 Å². The third kappa shape index (κ3) is 4.05. The fraction of sp³-hybridized carbons (Fsp3) is 0.217. The van der Waals surface area contributed by atoms with Crippen molar-refractivity contribution >= 4 is 34.7 Å². The Balaban J connectivity index is 1.49. The molecule has 0 radical (unpaired) electrons. The van der Waals surface area contributed by atoms with Crippen molar-refractivity contribution in [1.82, 2.24) is 34.4 Å². The van der Waals surface area contributed by atoms with Gasteiger partial charge in [0.2, 0.25) is 5.91 Å². The molecule has 0 aliphatic carbocycles. The number of hydrogen-bond acceptors (Lipinski definition) is 8. The van der Waals surface area contributed by atoms with E-state index in [1.807, 2.05) is 0 Å². The maximum atomic E-state index is 13.1. The van der Waals surface area contributed by atoms with Crippen LogP contribution in [0.4, 0.5) is 17.2 Å². The molecule has 1 unspecified atom stereocenters. The fourth-order valence-corrected chi connectivity index (χ4v) is 3.96. The van der Waals surface area contributed by atoms with Crippen LogP contribution in [0.1, 0.15) is 16.9 Å². The zero-order valence-corrected chi connectivity index (χ0v) is 19.1. The van der Waals surface area contributed by atoms with Crippen molar-refractivity contribution in [3.63, 3.8) is 0 Å². The lowest BCUT2D eigenvalue weighted by Gasteiger charge is -2.13. The Morgan fingerprint density at radius 1 is 1.11 bits per heavy atom. The predicted molar refractivity (Wildman–Crippen MR) is 129 cm³/mol. The lowest BCUT2D eigenvalue weighted by Crippen LogP contribution is -2.41. The highest BCUT2D eigenvalue weighted by atomic mass is 16.2. The summed E-state index contributed by atoms with van der Waals surface area (Å²) in [7, 11) is 3.42. The van der Waals surface area contributed by atoms with E-state index in [4.69, 9.17) is 0 Å². The number of fused-ring (bicyclic) bond motifs is 1. The molecule has 1 aliphatic rings. The van der Waals surface area contributed by atoms with Gasteiger partial charge in [-0.05, 0) is 30.7 Å². The Labute approximate surface area is 199 Å². The van der Waals surface area contributed by atoms with Crippen LogP contribution in [0, 0.1) is 0 Å². The number of nitrogens with one attached hydrogen (secondary N) is 3. The molecule has 3 N–H and O–H groups in total. The van der Waals surface area contributed by atoms with E-state index >= 15 is 0 Å². The van der Waals surface area contributed by atoms with Crippen molar-refractivity contribution < 1.29 is 9.59 Å². The lowest BCUT2D eigenvalue weighted by atomic mass is 10.2. The molecule has 4 aromatic rings. The summed E-state index contributed by atoms with van der Waals surface area (Å²) in [5.41, 5.74) is 1.15. The van der Waals surface area contributed by atoms with E-state index in [1.54, 1.807) is 67.8 Å². The van der Waals surface area contributed by atoms with Gasteiger partial charge in [-0.25, -0.2) is 14.5 Å². The molecule has 12 nitrogen and oxygen atoms in total. The van der Waals surface area contributed by atoms with E-state index in [0.717, 1.165) is 0 Å². The summed E-state index contributed by atoms with van der Waals surface area (Å²) in [6.07, 6.45) is 5.18. The fourth-order valence-electron chi connectivity index (χ4n) is 3.96. The molecule has 0 saturated carbocycles. The van der Waals surface area contributed by atoms with E-state index in [1.165, 1.54) is 15.3 Å². The molecule has 0 aromatic carbocycles. The Morgan fingerprint density at radius 2 is 1.97 bits per heavy atom. The SMILES string of the molecule is CNc1cc(Nc2cccn(-c3ccccn3)c2=O)nn2c(C(=O)NC3CCN(C)C3=O)cnc12. The van der Waals surface area contributed by atoms with Crippen LogP contribution in [-0.4, -0.2) is 67.5 Å². The molecule has 0 bridgehead atoms. The first-order valence-corrected chi connectivity index (χ1v) is 11.0. The minimum absolute atomic E-state index is 0.133. The van der Waals surface area contributed by atoms with Crippen LogP contribution in [0.3, 0.4) is 0 Å². The van der Waals surface area contributed by atoms with Crippen molar-refractivity contribution in [2.75, 3.05) is 31.3 Å². The molecule has 2 amide bonds. The molecule has 1 aliphatic heterocycles. The van der Waals surface area contributed by atoms with Crippen molar-refractivity contribution in [1.29, 1.82) is 0 Å². The third-order valence-electron chi connectivity index (χ3n) is 5.81. The quantitative estimate of drug-likeness (QED) is 0.377. The monoisotopic (exact) mass is 473 g/mol. The van der Waals surface area contributed by atoms with Gasteiger partial charge in [0.1, 0.15) is 17.5 Å². The second kappa shape index (κ2) is 8.89. The number of anilines is 3. The highest BCUT2D eigenvalue weighted by Crippen LogP contribution is 2.22. The van der Waals surface area contributed by atoms with Gasteiger partial charge in [0, 0.05) is 39.1 Å². The molecule has 5 rings (SSSR count). The number of carbonyl (C=O) groups excluding carboxylic acids is 2. The summed E-state index contributed by atoms with van der Waals surface area (Å²) < 4.78 is 2.80. The molecule has 1 atom stereocenters. The van der Waals surface area contributed by atoms with Gasteiger partial charge in [-0.1, -0.05) is 6.07 Å². The van der Waals surface area contributed by atoms with Gasteiger partial charge in [-0.15, -0.1) is 5.10 Å². The number of carbonyl (C=O) groups is 2. The van der Waals surface area contributed by atoms with Crippen LogP contribution in [0.25, 0.3) is 11.5 Å². The molecule has 5 heterocycles. The van der Waals surface area contributed by atoms with Crippen molar-refractivity contribution in [3.05, 3.63) is 71.0 Å². The summed E-state index contributed by atoms with van der Waals surface area (Å²) >= 11 is 0. The minimum Gasteiger partial charge on any atom is -0.385 e. The number of aromatic nitrogens is 5. The molecule has 1 saturated heterocycles. The van der Waals surface area contributed by atoms with Crippen LogP contribution in [-0.2, 0) is 4.79 Å². The highest BCUT2D eigenvalue weighted by Gasteiger charge is 2.31. The normalized spacial score (nSPS) is 15.4. The summed E-state index contributed by atoms with van der Waals surface area (Å²) in [6, 6.07) is 9.77. The molecule has 4 aromatic heterocycles. The van der Waals surface area contributed by atoms with Gasteiger partial charge in [0.05, 0.1) is 11.9 Å². The Morgan fingerprint density at radius 3 is 2.69 bits per heavy atom. The molecule has 0 spiro atoms. The van der Waals surface area contributed by atoms with E-state index < -0.39 is 11.9 Å². The summed E-state index contributed by atoms with van der Waals surface area (Å²) in [6.45, 7) is 0.584. The van der Waals surface area contributed by atoms with E-state index in [0.29, 0.717) is 35.9 Å². The van der Waals surface area contributed by atoms with Gasteiger partial charge in [-0.3, -0.25) is 19.0 Å². The zero-order valence-electron chi connectivity index (χ0n) is 19.1. The van der Waals surface area contributed by atoms with Crippen molar-refractivity contribution in [2.24, 2.45) is 0 Å². The van der Waals surface area contributed by atoms with E-state index in [9.17, 15) is 14.4 Å². The topological polar surface area (TPSA) is 139 Å². The first kappa shape index (κ1) is 22.1. The number of imidazole rings is 1. The first-order chi connectivity index (χ1) is 17.0. The molecule has 35 heavy (non-hydrogen) atoms. The van der Waals surface area contributed by atoms with Crippen LogP contribution in [0.15, 0.2) is 59.8 Å². The maximum Gasteiger partial charge on any atom is 0.279 e. The molecular weight excluding hydrogens is 450 g/mol. The second-order valence-electron chi connectivity index (χ2n) is 8.06. The van der Waals surface area contributed by atoms with Gasteiger partial charge >= 0.3 is 0 Å². The number of likely N-dealkylation sites (tertiary alicyclic amines) is 1. The highest BCUT2D eigenvalue weighted by molar-refractivity contribution is 5.97. The average Bonchev–Trinajstić information content (AvgIpc) is 3.44. The number of rotatable bonds is 6. The number of hydrogen-bond donors (Lipinski definition) is 3. The van der Waals surface area contributed by atoms with Crippen molar-refractivity contribution in [2.45, 2.75) is 12.5 Å². The lowest BCUT2D eigenvalue weighted by molar-refractivity contribution is -0.128. The number of amides is 2. The van der Waals surface area contributed by atoms with Crippen LogP contribution < -0.4 is 21.5 Å². The van der Waals surface area contributed by atoms with E-state index in [-0.39, 0.29) is 22.8 Å². The Kier molecular flexibility index (Phi) is 5.61. The Bertz CT molecular complexity index is 1480. The minimum atomic E-state index is -0.586. The zero-order chi connectivity index (χ0) is 24.5. The Hall–Kier alpha value is -4.74. The van der Waals surface area contributed by atoms with E-state index in [2.05, 4.69) is 31.0 Å². The number of likely N-dealkylation sites (N-methyl/N-ethyl adjacent to an activating group) is 1. The second-order valence-corrected chi connectivity index (χ2v) is 8.06. The molecule has 12 heteroatoms. The largest absolute Gasteiger partial charge is 0.385 e. The predicted octanol–water partition coefficient (Wildman–Crippen LogP) is 1.02. The van der Waals surface area contributed by atoms with Crippen molar-refractivity contribution in [3.8, 4) is 5.82 Å². The molecule has 178 valence electrons. The summed E-state index contributed by atoms with van der Waals surface area (Å²) in [5, 5.41) is 13.3. The van der Waals surface area contributed by atoms with Gasteiger partial charge in [-0.2, -0.15) is 0 Å². The van der Waals surface area contributed by atoms with Gasteiger partial charge in [0.25, 0.3) is 11.5 Å². The standard InChI is InChI=1S/C23H23N9O3/c1-24-16-12-18(27-14-6-5-10-31(23(14)35)19-7-3-4-9-25-19)29-32-17(13-26-20(16)32)21(33)28-15-8-11-30(2)22(15)34/h3-7,9-10,12-13,15,24H,8,11H2,1-2H3,(H,27,29)(H,28,33). The smallest absolute Gasteiger partial charge is 0.279 e. The van der Waals surface area contributed by atoms with Crippen LogP contribution in [0.2, 0.25) is 0 Å². The van der Waals surface area contributed by atoms with Crippen LogP contribution >= 0.6 is 0 Å². The summed E-state index contributed by atoms with van der Waals surface area (Å²) in [4.78, 5) is 48.4.